The number of amidine groups is 1. The molecule has 0 atom stereocenters. The summed E-state index contributed by atoms with van der Waals surface area (Å²) < 4.78 is 13.0. The van der Waals surface area contributed by atoms with E-state index in [9.17, 15) is 4.39 Å². The molecular weight excluding hydrogens is 193 g/mol. The summed E-state index contributed by atoms with van der Waals surface area (Å²) in [5.41, 5.74) is 6.62. The Kier molecular flexibility index (Phi) is 3.29. The zero-order valence-corrected chi connectivity index (χ0v) is 9.21. The van der Waals surface area contributed by atoms with Gasteiger partial charge in [-0.25, -0.2) is 4.39 Å². The van der Waals surface area contributed by atoms with Crippen LogP contribution in [0.3, 0.4) is 0 Å². The van der Waals surface area contributed by atoms with Crippen LogP contribution in [-0.4, -0.2) is 18.9 Å². The van der Waals surface area contributed by atoms with Crippen LogP contribution in [-0.2, 0) is 0 Å². The summed E-state index contributed by atoms with van der Waals surface area (Å²) in [6.45, 7) is 4.04. The second-order valence-corrected chi connectivity index (χ2v) is 3.78. The second-order valence-electron chi connectivity index (χ2n) is 3.78. The lowest BCUT2D eigenvalue weighted by Gasteiger charge is -2.26. The average Bonchev–Trinajstić information content (AvgIpc) is 2.16. The van der Waals surface area contributed by atoms with E-state index in [1.807, 2.05) is 25.8 Å². The van der Waals surface area contributed by atoms with Gasteiger partial charge >= 0.3 is 0 Å². The quantitative estimate of drug-likeness (QED) is 0.590. The fourth-order valence-corrected chi connectivity index (χ4v) is 1.31. The first-order chi connectivity index (χ1) is 6.93. The number of nitrogens with two attached hydrogens (primary N) is 1. The maximum Gasteiger partial charge on any atom is 0.125 e. The van der Waals surface area contributed by atoms with Gasteiger partial charge in [0.1, 0.15) is 11.7 Å². The van der Waals surface area contributed by atoms with E-state index in [2.05, 4.69) is 0 Å². The molecule has 0 aliphatic heterocycles. The zero-order valence-electron chi connectivity index (χ0n) is 9.21. The number of benzene rings is 1. The molecule has 82 valence electrons. The minimum absolute atomic E-state index is 0.114. The lowest BCUT2D eigenvalue weighted by Crippen LogP contribution is -2.28. The Hall–Kier alpha value is -1.58. The summed E-state index contributed by atoms with van der Waals surface area (Å²) >= 11 is 0. The van der Waals surface area contributed by atoms with Gasteiger partial charge in [-0.05, 0) is 32.0 Å². The Bertz CT molecular complexity index is 374. The van der Waals surface area contributed by atoms with Gasteiger partial charge < -0.3 is 10.6 Å². The lowest BCUT2D eigenvalue weighted by atomic mass is 10.1. The molecule has 0 saturated carbocycles. The van der Waals surface area contributed by atoms with Crippen LogP contribution in [0.2, 0.25) is 0 Å². The van der Waals surface area contributed by atoms with Gasteiger partial charge in [0.05, 0.1) is 0 Å². The van der Waals surface area contributed by atoms with Crippen molar-refractivity contribution in [2.24, 2.45) is 5.73 Å². The standard InChI is InChI=1S/C11H16FN3/c1-7(2)15(3)10-5-4-8(12)6-9(10)11(13)14/h4-7H,1-3H3,(H3,13,14). The number of hydrogen-bond donors (Lipinski definition) is 2. The maximum absolute atomic E-state index is 13.0. The smallest absolute Gasteiger partial charge is 0.125 e. The van der Waals surface area contributed by atoms with Crippen molar-refractivity contribution in [1.82, 2.24) is 0 Å². The summed E-state index contributed by atoms with van der Waals surface area (Å²) in [7, 11) is 1.89. The number of nitrogens with one attached hydrogen (secondary N) is 1. The largest absolute Gasteiger partial charge is 0.384 e. The highest BCUT2D eigenvalue weighted by Crippen LogP contribution is 2.21. The van der Waals surface area contributed by atoms with Gasteiger partial charge in [0.25, 0.3) is 0 Å². The van der Waals surface area contributed by atoms with Gasteiger partial charge in [0.15, 0.2) is 0 Å². The van der Waals surface area contributed by atoms with Crippen molar-refractivity contribution in [3.05, 3.63) is 29.6 Å². The molecule has 4 heteroatoms. The summed E-state index contributed by atoms with van der Waals surface area (Å²) in [5.74, 6) is -0.488. The first-order valence-electron chi connectivity index (χ1n) is 4.80. The zero-order chi connectivity index (χ0) is 11.6. The van der Waals surface area contributed by atoms with Crippen LogP contribution in [0, 0.1) is 11.2 Å². The molecule has 0 bridgehead atoms. The van der Waals surface area contributed by atoms with Crippen LogP contribution in [0.15, 0.2) is 18.2 Å². The number of nitrogen functional groups attached to an aromatic ring is 1. The average molecular weight is 209 g/mol. The van der Waals surface area contributed by atoms with Crippen LogP contribution < -0.4 is 10.6 Å². The van der Waals surface area contributed by atoms with Gasteiger partial charge in [-0.3, -0.25) is 5.41 Å². The maximum atomic E-state index is 13.0. The van der Waals surface area contributed by atoms with Crippen LogP contribution in [0.25, 0.3) is 0 Å². The van der Waals surface area contributed by atoms with E-state index in [4.69, 9.17) is 11.1 Å². The molecule has 0 spiro atoms. The Balaban J connectivity index is 3.22. The summed E-state index contributed by atoms with van der Waals surface area (Å²) in [6, 6.07) is 4.58. The lowest BCUT2D eigenvalue weighted by molar-refractivity contribution is 0.626. The van der Waals surface area contributed by atoms with Gasteiger partial charge in [0.2, 0.25) is 0 Å². The number of rotatable bonds is 3. The predicted octanol–water partition coefficient (Wildman–Crippen LogP) is 1.95. The molecule has 15 heavy (non-hydrogen) atoms. The van der Waals surface area contributed by atoms with Crippen LogP contribution in [0.4, 0.5) is 10.1 Å². The Labute approximate surface area is 89.2 Å². The van der Waals surface area contributed by atoms with E-state index in [1.54, 1.807) is 6.07 Å². The highest BCUT2D eigenvalue weighted by molar-refractivity contribution is 6.00. The number of nitrogens with zero attached hydrogens (tertiary/aromatic N) is 1. The number of hydrogen-bond acceptors (Lipinski definition) is 2. The molecule has 0 heterocycles. The third-order valence-electron chi connectivity index (χ3n) is 2.40. The molecule has 0 aromatic heterocycles. The molecule has 1 rings (SSSR count). The fourth-order valence-electron chi connectivity index (χ4n) is 1.31. The van der Waals surface area contributed by atoms with Gasteiger partial charge in [-0.1, -0.05) is 0 Å². The van der Waals surface area contributed by atoms with Crippen LogP contribution in [0.5, 0.6) is 0 Å². The van der Waals surface area contributed by atoms with E-state index in [0.717, 1.165) is 5.69 Å². The highest BCUT2D eigenvalue weighted by atomic mass is 19.1. The fraction of sp³-hybridized carbons (Fsp3) is 0.364. The Morgan fingerprint density at radius 1 is 1.47 bits per heavy atom. The van der Waals surface area contributed by atoms with E-state index in [-0.39, 0.29) is 17.7 Å². The van der Waals surface area contributed by atoms with Crippen molar-refractivity contribution in [3.8, 4) is 0 Å². The first kappa shape index (κ1) is 11.5. The van der Waals surface area contributed by atoms with E-state index in [0.29, 0.717) is 5.56 Å². The highest BCUT2D eigenvalue weighted by Gasteiger charge is 2.12. The van der Waals surface area contributed by atoms with Crippen LogP contribution >= 0.6 is 0 Å². The molecule has 3 nitrogen and oxygen atoms in total. The summed E-state index contributed by atoms with van der Waals surface area (Å²) in [6.07, 6.45) is 0. The van der Waals surface area contributed by atoms with E-state index < -0.39 is 0 Å². The van der Waals surface area contributed by atoms with Gasteiger partial charge in [0, 0.05) is 24.3 Å². The summed E-state index contributed by atoms with van der Waals surface area (Å²) in [5, 5.41) is 7.39. The molecule has 0 radical (unpaired) electrons. The van der Waals surface area contributed by atoms with Crippen molar-refractivity contribution >= 4 is 11.5 Å². The van der Waals surface area contributed by atoms with E-state index in [1.165, 1.54) is 12.1 Å². The van der Waals surface area contributed by atoms with Crippen LogP contribution in [0.1, 0.15) is 19.4 Å². The molecular formula is C11H16FN3. The molecule has 1 aromatic carbocycles. The minimum atomic E-state index is -0.374. The van der Waals surface area contributed by atoms with Crippen molar-refractivity contribution in [2.75, 3.05) is 11.9 Å². The summed E-state index contributed by atoms with van der Waals surface area (Å²) in [4.78, 5) is 1.95. The molecule has 0 unspecified atom stereocenters. The third kappa shape index (κ3) is 2.46. The monoisotopic (exact) mass is 209 g/mol. The van der Waals surface area contributed by atoms with Gasteiger partial charge in [-0.15, -0.1) is 0 Å². The third-order valence-corrected chi connectivity index (χ3v) is 2.40. The molecule has 1 aromatic rings. The second kappa shape index (κ2) is 4.29. The molecule has 0 fully saturated rings. The normalized spacial score (nSPS) is 10.5. The first-order valence-corrected chi connectivity index (χ1v) is 4.80. The predicted molar refractivity (Wildman–Crippen MR) is 61.0 cm³/mol. The molecule has 0 amide bonds. The Morgan fingerprint density at radius 3 is 2.53 bits per heavy atom. The van der Waals surface area contributed by atoms with Crippen molar-refractivity contribution in [3.63, 3.8) is 0 Å². The van der Waals surface area contributed by atoms with Gasteiger partial charge in [-0.2, -0.15) is 0 Å². The molecule has 0 aliphatic carbocycles. The van der Waals surface area contributed by atoms with Crippen molar-refractivity contribution in [2.45, 2.75) is 19.9 Å². The number of halogens is 1. The SMILES string of the molecule is CC(C)N(C)c1ccc(F)cc1C(=N)N. The molecule has 0 saturated heterocycles. The van der Waals surface area contributed by atoms with Crippen molar-refractivity contribution in [1.29, 1.82) is 5.41 Å². The molecule has 3 N–H and O–H groups in total. The van der Waals surface area contributed by atoms with E-state index >= 15 is 0 Å². The topological polar surface area (TPSA) is 53.1 Å². The minimum Gasteiger partial charge on any atom is -0.384 e. The Morgan fingerprint density at radius 2 is 2.07 bits per heavy atom. The molecule has 0 aliphatic rings. The van der Waals surface area contributed by atoms with Crippen molar-refractivity contribution < 1.29 is 4.39 Å². The number of anilines is 1.